The number of rotatable bonds is 8. The molecule has 0 aliphatic carbocycles. The predicted molar refractivity (Wildman–Crippen MR) is 139 cm³/mol. The minimum Gasteiger partial charge on any atom is -0.508 e. The first kappa shape index (κ1) is 23.8. The van der Waals surface area contributed by atoms with E-state index in [1.54, 1.807) is 36.4 Å². The number of hydrogen-bond acceptors (Lipinski definition) is 5. The van der Waals surface area contributed by atoms with E-state index in [4.69, 9.17) is 16.3 Å². The average molecular weight is 510 g/mol. The van der Waals surface area contributed by atoms with Gasteiger partial charge in [-0.3, -0.25) is 9.69 Å². The van der Waals surface area contributed by atoms with Crippen LogP contribution in [0.4, 0.5) is 4.39 Å². The molecule has 0 radical (unpaired) electrons. The first-order valence-corrected chi connectivity index (χ1v) is 12.8. The fraction of sp³-hybridized carbons (Fsp3) is 0.250. The number of thiophene rings is 1. The minimum atomic E-state index is -0.517. The average Bonchev–Trinajstić information content (AvgIpc) is 3.20. The van der Waals surface area contributed by atoms with Crippen LogP contribution in [0.25, 0.3) is 20.5 Å². The molecule has 2 heterocycles. The van der Waals surface area contributed by atoms with Crippen molar-refractivity contribution in [1.29, 1.82) is 0 Å². The Morgan fingerprint density at radius 2 is 1.91 bits per heavy atom. The Hall–Kier alpha value is -2.93. The third-order valence-corrected chi connectivity index (χ3v) is 7.98. The summed E-state index contributed by atoms with van der Waals surface area (Å²) in [4.78, 5) is 16.7. The lowest BCUT2D eigenvalue weighted by Crippen LogP contribution is -2.47. The van der Waals surface area contributed by atoms with Gasteiger partial charge in [0.1, 0.15) is 23.9 Å². The maximum Gasteiger partial charge on any atom is 0.195 e. The summed E-state index contributed by atoms with van der Waals surface area (Å²) in [7, 11) is 0. The van der Waals surface area contributed by atoms with E-state index in [0.29, 0.717) is 28.2 Å². The molecule has 0 spiro atoms. The molecule has 1 aliphatic heterocycles. The quantitative estimate of drug-likeness (QED) is 0.259. The van der Waals surface area contributed by atoms with Gasteiger partial charge in [-0.1, -0.05) is 31.0 Å². The molecule has 1 fully saturated rings. The maximum atomic E-state index is 13.8. The Morgan fingerprint density at radius 1 is 1.14 bits per heavy atom. The smallest absolute Gasteiger partial charge is 0.195 e. The van der Waals surface area contributed by atoms with E-state index in [2.05, 4.69) is 11.8 Å². The van der Waals surface area contributed by atoms with Crippen LogP contribution in [0, 0.1) is 11.7 Å². The normalized spacial score (nSPS) is 14.3. The molecule has 180 valence electrons. The zero-order valence-electron chi connectivity index (χ0n) is 19.3. The Bertz CT molecular complexity index is 1380. The van der Waals surface area contributed by atoms with Crippen molar-refractivity contribution in [2.75, 3.05) is 26.2 Å². The van der Waals surface area contributed by atoms with Crippen molar-refractivity contribution in [3.63, 3.8) is 0 Å². The molecular weight excluding hydrogens is 485 g/mol. The topological polar surface area (TPSA) is 49.8 Å². The third-order valence-electron chi connectivity index (χ3n) is 6.49. The van der Waals surface area contributed by atoms with Gasteiger partial charge in [-0.15, -0.1) is 11.3 Å². The van der Waals surface area contributed by atoms with Gasteiger partial charge >= 0.3 is 0 Å². The van der Waals surface area contributed by atoms with E-state index >= 15 is 0 Å². The molecule has 0 saturated carbocycles. The molecular formula is C28H25ClFNO3S. The summed E-state index contributed by atoms with van der Waals surface area (Å²) >= 11 is 7.39. The second-order valence-corrected chi connectivity index (χ2v) is 10.3. The van der Waals surface area contributed by atoms with Gasteiger partial charge in [0.25, 0.3) is 0 Å². The van der Waals surface area contributed by atoms with E-state index in [1.807, 2.05) is 12.1 Å². The summed E-state index contributed by atoms with van der Waals surface area (Å²) in [6, 6.07) is 16.5. The molecule has 1 saturated heterocycles. The second kappa shape index (κ2) is 9.97. The SMILES string of the molecule is CCC1CN(CCOc2ccc(C(=O)c3c(-c4ccc(F)c(Cl)c4)sc4cc(O)ccc34)cc2)C1. The lowest BCUT2D eigenvalue weighted by Gasteiger charge is -2.38. The molecule has 3 aromatic carbocycles. The number of phenolic OH excluding ortho intramolecular Hbond substituents is 1. The highest BCUT2D eigenvalue weighted by Crippen LogP contribution is 2.42. The number of ketones is 1. The number of aromatic hydroxyl groups is 1. The molecule has 0 unspecified atom stereocenters. The number of fused-ring (bicyclic) bond motifs is 1. The van der Waals surface area contributed by atoms with Crippen LogP contribution in [0.15, 0.2) is 60.7 Å². The summed E-state index contributed by atoms with van der Waals surface area (Å²) in [5.41, 5.74) is 1.68. The van der Waals surface area contributed by atoms with Crippen molar-refractivity contribution in [1.82, 2.24) is 4.90 Å². The monoisotopic (exact) mass is 509 g/mol. The fourth-order valence-electron chi connectivity index (χ4n) is 4.41. The molecule has 0 atom stereocenters. The van der Waals surface area contributed by atoms with Crippen molar-refractivity contribution in [3.8, 4) is 21.9 Å². The van der Waals surface area contributed by atoms with E-state index in [1.165, 1.54) is 29.9 Å². The first-order chi connectivity index (χ1) is 16.9. The van der Waals surface area contributed by atoms with Crippen molar-refractivity contribution in [2.45, 2.75) is 13.3 Å². The van der Waals surface area contributed by atoms with E-state index in [-0.39, 0.29) is 16.6 Å². The van der Waals surface area contributed by atoms with Crippen molar-refractivity contribution in [2.24, 2.45) is 5.92 Å². The molecule has 1 aliphatic rings. The molecule has 7 heteroatoms. The van der Waals surface area contributed by atoms with Crippen molar-refractivity contribution < 1.29 is 19.0 Å². The maximum absolute atomic E-state index is 13.8. The summed E-state index contributed by atoms with van der Waals surface area (Å²) in [5, 5.41) is 10.7. The predicted octanol–water partition coefficient (Wildman–Crippen LogP) is 7.02. The molecule has 4 aromatic rings. The Morgan fingerprint density at radius 3 is 2.63 bits per heavy atom. The molecule has 35 heavy (non-hydrogen) atoms. The first-order valence-electron chi connectivity index (χ1n) is 11.6. The van der Waals surface area contributed by atoms with E-state index < -0.39 is 5.82 Å². The molecule has 0 amide bonds. The van der Waals surface area contributed by atoms with Gasteiger partial charge in [0.15, 0.2) is 5.78 Å². The van der Waals surface area contributed by atoms with Crippen LogP contribution in [0.2, 0.25) is 5.02 Å². The van der Waals surface area contributed by atoms with Gasteiger partial charge in [0.05, 0.1) is 5.02 Å². The number of ether oxygens (including phenoxy) is 1. The van der Waals surface area contributed by atoms with Gasteiger partial charge in [-0.2, -0.15) is 0 Å². The fourth-order valence-corrected chi connectivity index (χ4v) is 5.82. The Kier molecular flexibility index (Phi) is 6.78. The number of carbonyl (C=O) groups excluding carboxylic acids is 1. The summed E-state index contributed by atoms with van der Waals surface area (Å²) < 4.78 is 20.4. The van der Waals surface area contributed by atoms with Gasteiger partial charge in [-0.25, -0.2) is 4.39 Å². The zero-order chi connectivity index (χ0) is 24.5. The van der Waals surface area contributed by atoms with Crippen molar-refractivity contribution in [3.05, 3.63) is 82.6 Å². The van der Waals surface area contributed by atoms with E-state index in [9.17, 15) is 14.3 Å². The summed E-state index contributed by atoms with van der Waals surface area (Å²) in [6.45, 7) is 6.01. The highest BCUT2D eigenvalue weighted by atomic mass is 35.5. The summed E-state index contributed by atoms with van der Waals surface area (Å²) in [6.07, 6.45) is 1.23. The largest absolute Gasteiger partial charge is 0.508 e. The van der Waals surface area contributed by atoms with Gasteiger partial charge in [0.2, 0.25) is 0 Å². The second-order valence-electron chi connectivity index (χ2n) is 8.85. The molecule has 1 aromatic heterocycles. The van der Waals surface area contributed by atoms with Crippen LogP contribution in [-0.2, 0) is 0 Å². The molecule has 0 bridgehead atoms. The minimum absolute atomic E-state index is 0.00820. The van der Waals surface area contributed by atoms with Crippen LogP contribution >= 0.6 is 22.9 Å². The van der Waals surface area contributed by atoms with Crippen LogP contribution in [0.3, 0.4) is 0 Å². The number of benzene rings is 3. The number of carbonyl (C=O) groups is 1. The van der Waals surface area contributed by atoms with Gasteiger partial charge < -0.3 is 9.84 Å². The highest BCUT2D eigenvalue weighted by molar-refractivity contribution is 7.22. The van der Waals surface area contributed by atoms with Gasteiger partial charge in [-0.05, 0) is 66.1 Å². The highest BCUT2D eigenvalue weighted by Gasteiger charge is 2.25. The number of nitrogens with zero attached hydrogens (tertiary/aromatic N) is 1. The lowest BCUT2D eigenvalue weighted by molar-refractivity contribution is 0.0806. The standard InChI is InChI=1S/C28H25ClFNO3S/c1-2-17-15-31(16-17)11-12-34-21-7-3-18(4-8-21)27(33)26-22-9-6-20(32)14-25(22)35-28(26)19-5-10-24(30)23(29)13-19/h3-10,13-14,17,32H,2,11-12,15-16H2,1H3. The van der Waals surface area contributed by atoms with Crippen LogP contribution in [-0.4, -0.2) is 42.0 Å². The third kappa shape index (κ3) is 4.92. The van der Waals surface area contributed by atoms with Crippen LogP contribution in [0.5, 0.6) is 11.5 Å². The zero-order valence-corrected chi connectivity index (χ0v) is 20.8. The van der Waals surface area contributed by atoms with Gasteiger partial charge in [0, 0.05) is 45.7 Å². The molecule has 1 N–H and O–H groups in total. The van der Waals surface area contributed by atoms with Crippen LogP contribution < -0.4 is 4.74 Å². The summed E-state index contributed by atoms with van der Waals surface area (Å²) in [5.74, 6) is 0.978. The lowest BCUT2D eigenvalue weighted by atomic mass is 9.97. The Balaban J connectivity index is 1.39. The number of likely N-dealkylation sites (tertiary alicyclic amines) is 1. The Labute approximate surface area is 212 Å². The number of hydrogen-bond donors (Lipinski definition) is 1. The molecule has 4 nitrogen and oxygen atoms in total. The van der Waals surface area contributed by atoms with E-state index in [0.717, 1.165) is 41.4 Å². The van der Waals surface area contributed by atoms with Crippen LogP contribution in [0.1, 0.15) is 29.3 Å². The number of phenols is 1. The number of halogens is 2. The van der Waals surface area contributed by atoms with Crippen molar-refractivity contribution >= 4 is 38.8 Å². The molecule has 5 rings (SSSR count).